The SMILES string of the molecule is COC(=O)CC(C)Nc1nc(N2C[C@H](N)C[C@H](N)C2)nc(N2C[C@H](N)C[C@H](N)C2)n1. The van der Waals surface area contributed by atoms with Crippen LogP contribution in [0.5, 0.6) is 0 Å². The average Bonchev–Trinajstić information content (AvgIpc) is 2.66. The molecule has 1 unspecified atom stereocenters. The second-order valence-corrected chi connectivity index (χ2v) is 8.41. The van der Waals surface area contributed by atoms with Gasteiger partial charge in [0.15, 0.2) is 0 Å². The van der Waals surface area contributed by atoms with Crippen LogP contribution in [0, 0.1) is 0 Å². The minimum Gasteiger partial charge on any atom is -0.469 e. The molecule has 5 atom stereocenters. The summed E-state index contributed by atoms with van der Waals surface area (Å²) in [6, 6.07) is -0.445. The number of methoxy groups -OCH3 is 1. The first-order chi connectivity index (χ1) is 14.2. The zero-order valence-electron chi connectivity index (χ0n) is 17.7. The van der Waals surface area contributed by atoms with Crippen molar-refractivity contribution in [2.75, 3.05) is 48.4 Å². The monoisotopic (exact) mass is 422 g/mol. The Labute approximate surface area is 176 Å². The maximum absolute atomic E-state index is 11.6. The van der Waals surface area contributed by atoms with Crippen LogP contribution in [0.2, 0.25) is 0 Å². The molecule has 0 aromatic carbocycles. The van der Waals surface area contributed by atoms with E-state index in [1.807, 2.05) is 16.7 Å². The van der Waals surface area contributed by atoms with Crippen LogP contribution in [0.3, 0.4) is 0 Å². The van der Waals surface area contributed by atoms with Gasteiger partial charge < -0.3 is 42.8 Å². The summed E-state index contributed by atoms with van der Waals surface area (Å²) in [5.41, 5.74) is 24.6. The molecule has 168 valence electrons. The Bertz CT molecular complexity index is 671. The molecule has 2 aliphatic heterocycles. The molecule has 0 saturated carbocycles. The minimum atomic E-state index is -0.314. The van der Waals surface area contributed by atoms with Crippen molar-refractivity contribution in [3.63, 3.8) is 0 Å². The summed E-state index contributed by atoms with van der Waals surface area (Å²) < 4.78 is 4.74. The fourth-order valence-corrected chi connectivity index (χ4v) is 3.99. The van der Waals surface area contributed by atoms with E-state index in [9.17, 15) is 4.79 Å². The third kappa shape index (κ3) is 5.88. The van der Waals surface area contributed by atoms with Crippen LogP contribution >= 0.6 is 0 Å². The summed E-state index contributed by atoms with van der Waals surface area (Å²) in [5, 5.41) is 3.17. The topological polar surface area (TPSA) is 188 Å². The number of nitrogens with zero attached hydrogens (tertiary/aromatic N) is 5. The van der Waals surface area contributed by atoms with Crippen LogP contribution in [-0.4, -0.2) is 84.4 Å². The first-order valence-electron chi connectivity index (χ1n) is 10.3. The van der Waals surface area contributed by atoms with Gasteiger partial charge in [-0.3, -0.25) is 4.79 Å². The fraction of sp³-hybridized carbons (Fsp3) is 0.778. The lowest BCUT2D eigenvalue weighted by molar-refractivity contribution is -0.140. The van der Waals surface area contributed by atoms with Gasteiger partial charge in [-0.1, -0.05) is 0 Å². The van der Waals surface area contributed by atoms with Crippen molar-refractivity contribution in [2.45, 2.75) is 56.4 Å². The highest BCUT2D eigenvalue weighted by atomic mass is 16.5. The van der Waals surface area contributed by atoms with Crippen molar-refractivity contribution in [3.05, 3.63) is 0 Å². The Morgan fingerprint density at radius 2 is 1.40 bits per heavy atom. The number of anilines is 3. The normalized spacial score (nSPS) is 28.2. The van der Waals surface area contributed by atoms with Gasteiger partial charge in [-0.15, -0.1) is 0 Å². The fourth-order valence-electron chi connectivity index (χ4n) is 3.99. The lowest BCUT2D eigenvalue weighted by atomic mass is 10.0. The van der Waals surface area contributed by atoms with E-state index in [0.29, 0.717) is 44.0 Å². The summed E-state index contributed by atoms with van der Waals surface area (Å²) in [7, 11) is 1.36. The van der Waals surface area contributed by atoms with E-state index in [4.69, 9.17) is 27.7 Å². The summed E-state index contributed by atoms with van der Waals surface area (Å²) in [6.45, 7) is 4.28. The van der Waals surface area contributed by atoms with Crippen LogP contribution < -0.4 is 38.1 Å². The molecule has 12 nitrogen and oxygen atoms in total. The zero-order chi connectivity index (χ0) is 21.8. The van der Waals surface area contributed by atoms with Crippen LogP contribution in [0.25, 0.3) is 0 Å². The van der Waals surface area contributed by atoms with E-state index in [0.717, 1.165) is 12.8 Å². The smallest absolute Gasteiger partial charge is 0.307 e. The molecule has 0 aliphatic carbocycles. The molecule has 2 fully saturated rings. The largest absolute Gasteiger partial charge is 0.469 e. The van der Waals surface area contributed by atoms with Gasteiger partial charge in [0.1, 0.15) is 0 Å². The quantitative estimate of drug-likeness (QED) is 0.317. The Balaban J connectivity index is 1.88. The molecule has 2 aliphatic rings. The molecule has 30 heavy (non-hydrogen) atoms. The summed E-state index contributed by atoms with van der Waals surface area (Å²) in [6.07, 6.45) is 1.70. The number of aromatic nitrogens is 3. The number of hydrogen-bond acceptors (Lipinski definition) is 12. The molecular weight excluding hydrogens is 388 g/mol. The van der Waals surface area contributed by atoms with E-state index in [1.54, 1.807) is 0 Å². The van der Waals surface area contributed by atoms with Crippen molar-refractivity contribution in [1.29, 1.82) is 0 Å². The van der Waals surface area contributed by atoms with E-state index in [1.165, 1.54) is 7.11 Å². The summed E-state index contributed by atoms with van der Waals surface area (Å²) in [4.78, 5) is 29.4. The van der Waals surface area contributed by atoms with Crippen LogP contribution in [-0.2, 0) is 9.53 Å². The molecule has 0 spiro atoms. The lowest BCUT2D eigenvalue weighted by Gasteiger charge is -2.37. The number of nitrogens with one attached hydrogen (secondary N) is 1. The van der Waals surface area contributed by atoms with Gasteiger partial charge in [0.2, 0.25) is 17.8 Å². The number of rotatable bonds is 6. The van der Waals surface area contributed by atoms with E-state index in [2.05, 4.69) is 20.3 Å². The third-order valence-electron chi connectivity index (χ3n) is 5.28. The van der Waals surface area contributed by atoms with Gasteiger partial charge in [0, 0.05) is 56.4 Å². The van der Waals surface area contributed by atoms with Gasteiger partial charge >= 0.3 is 5.97 Å². The highest BCUT2D eigenvalue weighted by Gasteiger charge is 2.29. The van der Waals surface area contributed by atoms with Gasteiger partial charge in [-0.05, 0) is 19.8 Å². The van der Waals surface area contributed by atoms with Gasteiger partial charge in [0.05, 0.1) is 13.5 Å². The predicted octanol–water partition coefficient (Wildman–Crippen LogP) is -2.04. The van der Waals surface area contributed by atoms with Crippen molar-refractivity contribution < 1.29 is 9.53 Å². The Kier molecular flexibility index (Phi) is 7.23. The molecule has 12 heteroatoms. The molecule has 0 amide bonds. The maximum Gasteiger partial charge on any atom is 0.307 e. The Hall–Kier alpha value is -2.28. The zero-order valence-corrected chi connectivity index (χ0v) is 17.7. The maximum atomic E-state index is 11.6. The number of esters is 1. The first kappa shape index (κ1) is 22.4. The molecule has 1 aromatic heterocycles. The lowest BCUT2D eigenvalue weighted by Crippen LogP contribution is -2.54. The van der Waals surface area contributed by atoms with E-state index >= 15 is 0 Å². The molecule has 3 rings (SSSR count). The van der Waals surface area contributed by atoms with Crippen LogP contribution in [0.4, 0.5) is 17.8 Å². The standard InChI is InChI=1S/C18H34N10O2/c1-10(3-15(29)30-2)23-16-24-17(27-6-11(19)4-12(20)7-27)26-18(25-16)28-8-13(21)5-14(22)9-28/h10-14H,3-9,19-22H2,1-2H3,(H,23,24,25,26)/t10?,11-,12+,13-,14+. The molecule has 0 bridgehead atoms. The van der Waals surface area contributed by atoms with Gasteiger partial charge in [-0.25, -0.2) is 0 Å². The van der Waals surface area contributed by atoms with Crippen molar-refractivity contribution >= 4 is 23.8 Å². The highest BCUT2D eigenvalue weighted by molar-refractivity contribution is 5.70. The van der Waals surface area contributed by atoms with E-state index < -0.39 is 0 Å². The third-order valence-corrected chi connectivity index (χ3v) is 5.28. The second-order valence-electron chi connectivity index (χ2n) is 8.41. The predicted molar refractivity (Wildman–Crippen MR) is 115 cm³/mol. The van der Waals surface area contributed by atoms with Crippen molar-refractivity contribution in [2.24, 2.45) is 22.9 Å². The number of piperidine rings is 2. The highest BCUT2D eigenvalue weighted by Crippen LogP contribution is 2.22. The number of ether oxygens (including phenoxy) is 1. The summed E-state index contributed by atoms with van der Waals surface area (Å²) in [5.74, 6) is 1.04. The number of carbonyl (C=O) groups excluding carboxylic acids is 1. The summed E-state index contributed by atoms with van der Waals surface area (Å²) >= 11 is 0. The first-order valence-corrected chi connectivity index (χ1v) is 10.3. The molecule has 0 radical (unpaired) electrons. The van der Waals surface area contributed by atoms with E-state index in [-0.39, 0.29) is 42.6 Å². The van der Waals surface area contributed by atoms with Gasteiger partial charge in [-0.2, -0.15) is 15.0 Å². The van der Waals surface area contributed by atoms with Gasteiger partial charge in [0.25, 0.3) is 0 Å². The number of carbonyl (C=O) groups is 1. The van der Waals surface area contributed by atoms with Crippen LogP contribution in [0.15, 0.2) is 0 Å². The number of hydrogen-bond donors (Lipinski definition) is 5. The second kappa shape index (κ2) is 9.69. The molecule has 1 aromatic rings. The molecule has 2 saturated heterocycles. The average molecular weight is 423 g/mol. The Morgan fingerprint density at radius 1 is 0.967 bits per heavy atom. The minimum absolute atomic E-state index is 0.0551. The Morgan fingerprint density at radius 3 is 1.80 bits per heavy atom. The number of nitrogens with two attached hydrogens (primary N) is 4. The van der Waals surface area contributed by atoms with Crippen molar-refractivity contribution in [3.8, 4) is 0 Å². The van der Waals surface area contributed by atoms with Crippen LogP contribution in [0.1, 0.15) is 26.2 Å². The molecule has 9 N–H and O–H groups in total. The molecular formula is C18H34N10O2. The van der Waals surface area contributed by atoms with Crippen molar-refractivity contribution in [1.82, 2.24) is 15.0 Å². The molecule has 3 heterocycles.